The summed E-state index contributed by atoms with van der Waals surface area (Å²) in [5.74, 6) is 0. The van der Waals surface area contributed by atoms with E-state index >= 15 is 0 Å². The molecule has 262 valence electrons. The summed E-state index contributed by atoms with van der Waals surface area (Å²) in [6.45, 7) is 11.7. The van der Waals surface area contributed by atoms with E-state index in [0.717, 1.165) is 0 Å². The van der Waals surface area contributed by atoms with Gasteiger partial charge in [0.1, 0.15) is 0 Å². The second-order valence-corrected chi connectivity index (χ2v) is 17.3. The molecule has 0 amide bonds. The lowest BCUT2D eigenvalue weighted by molar-refractivity contribution is 0.591. The zero-order valence-electron chi connectivity index (χ0n) is 32.1. The summed E-state index contributed by atoms with van der Waals surface area (Å²) in [5, 5.41) is 13.2. The summed E-state index contributed by atoms with van der Waals surface area (Å²) in [4.78, 5) is 0. The van der Waals surface area contributed by atoms with Crippen molar-refractivity contribution in [2.75, 3.05) is 0 Å². The topological polar surface area (TPSA) is 0 Å². The Kier molecular flexibility index (Phi) is 6.67. The highest BCUT2D eigenvalue weighted by atomic mass is 14.4. The Morgan fingerprint density at radius 2 is 0.836 bits per heavy atom. The molecule has 0 aromatic heterocycles. The Hall–Kier alpha value is -6.24. The van der Waals surface area contributed by atoms with Gasteiger partial charge >= 0.3 is 0 Å². The summed E-state index contributed by atoms with van der Waals surface area (Å²) in [6, 6.07) is 62.1. The molecule has 0 heteroatoms. The van der Waals surface area contributed by atoms with Crippen molar-refractivity contribution in [3.05, 3.63) is 180 Å². The average molecular weight is 703 g/mol. The van der Waals surface area contributed by atoms with Gasteiger partial charge in [-0.2, -0.15) is 0 Å². The van der Waals surface area contributed by atoms with Crippen LogP contribution >= 0.6 is 0 Å². The van der Waals surface area contributed by atoms with Gasteiger partial charge in [0.2, 0.25) is 0 Å². The van der Waals surface area contributed by atoms with E-state index in [4.69, 9.17) is 0 Å². The minimum atomic E-state index is -0.167. The zero-order chi connectivity index (χ0) is 37.2. The fourth-order valence-electron chi connectivity index (χ4n) is 9.92. The maximum absolute atomic E-state index is 2.49. The predicted octanol–water partition coefficient (Wildman–Crippen LogP) is 15.5. The summed E-state index contributed by atoms with van der Waals surface area (Å²) >= 11 is 0. The average Bonchev–Trinajstić information content (AvgIpc) is 3.43. The summed E-state index contributed by atoms with van der Waals surface area (Å²) in [6.07, 6.45) is 0. The van der Waals surface area contributed by atoms with Crippen LogP contribution in [0.1, 0.15) is 51.3 Å². The minimum absolute atomic E-state index is 0.0970. The maximum atomic E-state index is 2.49. The van der Waals surface area contributed by atoms with Crippen LogP contribution in [-0.2, 0) is 10.8 Å². The SMILES string of the molecule is CC(C)(C)c1cc2ccc3ccc(-c4ccc5c(c4)C(C)(C)c4cc(-c6c7ccccc7c(-c7ccccc7)c7ccccc67)ccc4-5)c4ccc(c1)c2c34. The van der Waals surface area contributed by atoms with Crippen molar-refractivity contribution >= 4 is 53.9 Å². The first kappa shape index (κ1) is 32.2. The second-order valence-electron chi connectivity index (χ2n) is 17.3. The molecular weight excluding hydrogens is 661 g/mol. The molecule has 0 bridgehead atoms. The largest absolute Gasteiger partial charge is 0.0622 e. The molecule has 11 rings (SSSR count). The monoisotopic (exact) mass is 702 g/mol. The number of fused-ring (bicyclic) bond motifs is 5. The van der Waals surface area contributed by atoms with Crippen LogP contribution in [0.2, 0.25) is 0 Å². The van der Waals surface area contributed by atoms with Gasteiger partial charge < -0.3 is 0 Å². The van der Waals surface area contributed by atoms with Crippen LogP contribution in [-0.4, -0.2) is 0 Å². The van der Waals surface area contributed by atoms with E-state index in [2.05, 4.69) is 198 Å². The van der Waals surface area contributed by atoms with E-state index in [-0.39, 0.29) is 10.8 Å². The molecule has 0 saturated heterocycles. The van der Waals surface area contributed by atoms with Crippen molar-refractivity contribution in [3.8, 4) is 44.5 Å². The smallest absolute Gasteiger partial charge is 0.0159 e. The van der Waals surface area contributed by atoms with Gasteiger partial charge in [-0.05, 0) is 133 Å². The van der Waals surface area contributed by atoms with Crippen LogP contribution in [0.3, 0.4) is 0 Å². The minimum Gasteiger partial charge on any atom is -0.0622 e. The molecule has 0 spiro atoms. The second kappa shape index (κ2) is 11.4. The van der Waals surface area contributed by atoms with Gasteiger partial charge in [-0.15, -0.1) is 0 Å². The van der Waals surface area contributed by atoms with Gasteiger partial charge in [0.05, 0.1) is 0 Å². The van der Waals surface area contributed by atoms with E-state index < -0.39 is 0 Å². The first-order valence-electron chi connectivity index (χ1n) is 19.7. The van der Waals surface area contributed by atoms with Crippen molar-refractivity contribution in [1.82, 2.24) is 0 Å². The molecule has 1 aliphatic rings. The molecule has 55 heavy (non-hydrogen) atoms. The van der Waals surface area contributed by atoms with Crippen molar-refractivity contribution in [2.45, 2.75) is 45.4 Å². The lowest BCUT2D eigenvalue weighted by Gasteiger charge is -2.24. The van der Waals surface area contributed by atoms with Crippen molar-refractivity contribution in [3.63, 3.8) is 0 Å². The predicted molar refractivity (Wildman–Crippen MR) is 238 cm³/mol. The molecule has 0 saturated carbocycles. The molecule has 0 heterocycles. The Balaban J connectivity index is 1.06. The van der Waals surface area contributed by atoms with Gasteiger partial charge in [-0.1, -0.05) is 186 Å². The fraction of sp³-hybridized carbons (Fsp3) is 0.127. The molecular formula is C55H42. The van der Waals surface area contributed by atoms with E-state index in [1.807, 2.05) is 0 Å². The highest BCUT2D eigenvalue weighted by Crippen LogP contribution is 2.53. The van der Waals surface area contributed by atoms with E-state index in [9.17, 15) is 0 Å². The van der Waals surface area contributed by atoms with Gasteiger partial charge in [0.25, 0.3) is 0 Å². The summed E-state index contributed by atoms with van der Waals surface area (Å²) in [5.41, 5.74) is 14.5. The number of hydrogen-bond acceptors (Lipinski definition) is 0. The molecule has 10 aromatic carbocycles. The van der Waals surface area contributed by atoms with Crippen LogP contribution in [0.15, 0.2) is 164 Å². The quantitative estimate of drug-likeness (QED) is 0.127. The molecule has 0 radical (unpaired) electrons. The van der Waals surface area contributed by atoms with Crippen molar-refractivity contribution in [1.29, 1.82) is 0 Å². The Morgan fingerprint density at radius 1 is 0.364 bits per heavy atom. The summed E-state index contributed by atoms with van der Waals surface area (Å²) < 4.78 is 0. The fourth-order valence-corrected chi connectivity index (χ4v) is 9.92. The van der Waals surface area contributed by atoms with Gasteiger partial charge in [0, 0.05) is 5.41 Å². The van der Waals surface area contributed by atoms with Crippen LogP contribution < -0.4 is 0 Å². The Bertz CT molecular complexity index is 3110. The molecule has 0 unspecified atom stereocenters. The first-order chi connectivity index (χ1) is 26.7. The highest BCUT2D eigenvalue weighted by Gasteiger charge is 2.36. The van der Waals surface area contributed by atoms with Gasteiger partial charge in [0.15, 0.2) is 0 Å². The van der Waals surface area contributed by atoms with E-state index in [0.29, 0.717) is 0 Å². The van der Waals surface area contributed by atoms with Crippen LogP contribution in [0.25, 0.3) is 98.4 Å². The van der Waals surface area contributed by atoms with Crippen molar-refractivity contribution in [2.24, 2.45) is 0 Å². The Morgan fingerprint density at radius 3 is 1.44 bits per heavy atom. The normalized spacial score (nSPS) is 13.7. The number of rotatable bonds is 3. The first-order valence-corrected chi connectivity index (χ1v) is 19.7. The highest BCUT2D eigenvalue weighted by molar-refractivity contribution is 6.26. The van der Waals surface area contributed by atoms with Crippen LogP contribution in [0.5, 0.6) is 0 Å². The molecule has 0 atom stereocenters. The molecule has 10 aromatic rings. The molecule has 0 fully saturated rings. The number of benzene rings is 10. The lowest BCUT2D eigenvalue weighted by atomic mass is 9.79. The Labute approximate surface area is 323 Å². The zero-order valence-corrected chi connectivity index (χ0v) is 32.1. The van der Waals surface area contributed by atoms with E-state index in [1.165, 1.54) is 115 Å². The lowest BCUT2D eigenvalue weighted by Crippen LogP contribution is -2.15. The molecule has 0 nitrogen and oxygen atoms in total. The van der Waals surface area contributed by atoms with Crippen molar-refractivity contribution < 1.29 is 0 Å². The third kappa shape index (κ3) is 4.64. The maximum Gasteiger partial charge on any atom is 0.0159 e. The third-order valence-electron chi connectivity index (χ3n) is 12.7. The third-order valence-corrected chi connectivity index (χ3v) is 12.7. The van der Waals surface area contributed by atoms with Crippen LogP contribution in [0, 0.1) is 0 Å². The number of hydrogen-bond donors (Lipinski definition) is 0. The standard InChI is InChI=1S/C55H42/c1-54(2,3)39-29-36-20-19-34-21-25-40(47-28-24-37(30-39)50(36)53(34)47)35-22-26-41-42-27-23-38(32-49(42)55(4,5)48(41)31-35)52-45-17-11-9-15-43(45)51(33-13-7-6-8-14-33)44-16-10-12-18-46(44)52/h6-32H,1-5H3. The van der Waals surface area contributed by atoms with E-state index in [1.54, 1.807) is 0 Å². The van der Waals surface area contributed by atoms with Crippen LogP contribution in [0.4, 0.5) is 0 Å². The molecule has 0 N–H and O–H groups in total. The summed E-state index contributed by atoms with van der Waals surface area (Å²) in [7, 11) is 0. The van der Waals surface area contributed by atoms with Gasteiger partial charge in [-0.3, -0.25) is 0 Å². The molecule has 1 aliphatic carbocycles. The molecule has 0 aliphatic heterocycles. The van der Waals surface area contributed by atoms with Gasteiger partial charge in [-0.25, -0.2) is 0 Å².